The normalized spacial score (nSPS) is 15.1. The maximum Gasteiger partial charge on any atom is 0.338 e. The second-order valence-electron chi connectivity index (χ2n) is 7.49. The van der Waals surface area contributed by atoms with Gasteiger partial charge in [-0.3, -0.25) is 4.79 Å². The van der Waals surface area contributed by atoms with E-state index in [2.05, 4.69) is 0 Å². The molecule has 168 valence electrons. The summed E-state index contributed by atoms with van der Waals surface area (Å²) in [4.78, 5) is 26.5. The molecule has 1 amide bonds. The molecule has 1 aliphatic heterocycles. The molecule has 1 fully saturated rings. The van der Waals surface area contributed by atoms with Crippen molar-refractivity contribution in [1.82, 2.24) is 9.21 Å². The molecule has 0 unspecified atom stereocenters. The molecular formula is C23H24N2O6S. The Labute approximate surface area is 186 Å². The maximum absolute atomic E-state index is 13.0. The minimum absolute atomic E-state index is 0.0958. The van der Waals surface area contributed by atoms with E-state index in [1.165, 1.54) is 28.6 Å². The van der Waals surface area contributed by atoms with E-state index < -0.39 is 16.0 Å². The van der Waals surface area contributed by atoms with Gasteiger partial charge in [0.1, 0.15) is 5.58 Å². The van der Waals surface area contributed by atoms with Gasteiger partial charge in [0.2, 0.25) is 10.0 Å². The van der Waals surface area contributed by atoms with Crippen LogP contribution in [-0.4, -0.2) is 62.3 Å². The zero-order valence-electron chi connectivity index (χ0n) is 17.9. The highest BCUT2D eigenvalue weighted by Crippen LogP contribution is 2.27. The first-order valence-corrected chi connectivity index (χ1v) is 11.8. The van der Waals surface area contributed by atoms with Crippen molar-refractivity contribution in [2.24, 2.45) is 0 Å². The van der Waals surface area contributed by atoms with Crippen LogP contribution in [0.15, 0.2) is 57.8 Å². The summed E-state index contributed by atoms with van der Waals surface area (Å²) in [7, 11) is -3.74. The number of benzene rings is 2. The predicted molar refractivity (Wildman–Crippen MR) is 118 cm³/mol. The topological polar surface area (TPSA) is 97.1 Å². The lowest BCUT2D eigenvalue weighted by Crippen LogP contribution is -2.50. The molecule has 3 aromatic rings. The number of sulfonamides is 1. The molecular weight excluding hydrogens is 432 g/mol. The summed E-state index contributed by atoms with van der Waals surface area (Å²) < 4.78 is 38.0. The molecule has 1 saturated heterocycles. The van der Waals surface area contributed by atoms with E-state index in [9.17, 15) is 18.0 Å². The van der Waals surface area contributed by atoms with Gasteiger partial charge in [-0.15, -0.1) is 0 Å². The number of piperazine rings is 1. The SMILES string of the molecule is CCOC(=O)c1ccc(S(=O)(=O)N2CCN(C(=O)c3oc4ccccc4c3C)CC2)cc1. The molecule has 0 N–H and O–H groups in total. The molecule has 0 bridgehead atoms. The van der Waals surface area contributed by atoms with Crippen LogP contribution in [0.4, 0.5) is 0 Å². The van der Waals surface area contributed by atoms with Gasteiger partial charge in [0.05, 0.1) is 17.1 Å². The first kappa shape index (κ1) is 22.0. The van der Waals surface area contributed by atoms with Crippen molar-refractivity contribution in [1.29, 1.82) is 0 Å². The third-order valence-corrected chi connectivity index (χ3v) is 7.48. The molecule has 0 saturated carbocycles. The Balaban J connectivity index is 1.45. The van der Waals surface area contributed by atoms with Crippen LogP contribution in [0.1, 0.15) is 33.4 Å². The summed E-state index contributed by atoms with van der Waals surface area (Å²) in [5.41, 5.74) is 1.73. The smallest absolute Gasteiger partial charge is 0.338 e. The lowest BCUT2D eigenvalue weighted by atomic mass is 10.1. The van der Waals surface area contributed by atoms with Crippen molar-refractivity contribution in [2.75, 3.05) is 32.8 Å². The number of esters is 1. The standard InChI is InChI=1S/C23H24N2O6S/c1-3-30-23(27)17-8-10-18(11-9-17)32(28,29)25-14-12-24(13-15-25)22(26)21-16(2)19-6-4-5-7-20(19)31-21/h4-11H,3,12-15H2,1-2H3. The molecule has 0 spiro atoms. The summed E-state index contributed by atoms with van der Waals surface area (Å²) in [6, 6.07) is 13.1. The Hall–Kier alpha value is -3.17. The molecule has 32 heavy (non-hydrogen) atoms. The Morgan fingerprint density at radius 1 is 1.00 bits per heavy atom. The largest absolute Gasteiger partial charge is 0.462 e. The fraction of sp³-hybridized carbons (Fsp3) is 0.304. The summed E-state index contributed by atoms with van der Waals surface area (Å²) >= 11 is 0. The average molecular weight is 457 g/mol. The van der Waals surface area contributed by atoms with Gasteiger partial charge in [-0.2, -0.15) is 4.31 Å². The molecule has 4 rings (SSSR count). The lowest BCUT2D eigenvalue weighted by molar-refractivity contribution is 0.0526. The van der Waals surface area contributed by atoms with Crippen LogP contribution >= 0.6 is 0 Å². The molecule has 9 heteroatoms. The molecule has 0 atom stereocenters. The monoisotopic (exact) mass is 456 g/mol. The summed E-state index contributed by atoms with van der Waals surface area (Å²) in [6.07, 6.45) is 0. The number of nitrogens with zero attached hydrogens (tertiary/aromatic N) is 2. The van der Waals surface area contributed by atoms with E-state index in [0.717, 1.165) is 10.9 Å². The average Bonchev–Trinajstić information content (AvgIpc) is 3.15. The van der Waals surface area contributed by atoms with Crippen LogP contribution in [0, 0.1) is 6.92 Å². The lowest BCUT2D eigenvalue weighted by Gasteiger charge is -2.33. The Bertz CT molecular complexity index is 1260. The van der Waals surface area contributed by atoms with Crippen LogP contribution in [0.25, 0.3) is 11.0 Å². The van der Waals surface area contributed by atoms with E-state index in [4.69, 9.17) is 9.15 Å². The van der Waals surface area contributed by atoms with Crippen molar-refractivity contribution < 1.29 is 27.2 Å². The van der Waals surface area contributed by atoms with Crippen molar-refractivity contribution in [3.05, 3.63) is 65.4 Å². The Morgan fingerprint density at radius 3 is 2.28 bits per heavy atom. The fourth-order valence-electron chi connectivity index (χ4n) is 3.78. The van der Waals surface area contributed by atoms with Gasteiger partial charge in [0, 0.05) is 37.1 Å². The highest BCUT2D eigenvalue weighted by Gasteiger charge is 2.32. The third kappa shape index (κ3) is 4.01. The number of hydrogen-bond donors (Lipinski definition) is 0. The summed E-state index contributed by atoms with van der Waals surface area (Å²) in [6.45, 7) is 4.66. The number of hydrogen-bond acceptors (Lipinski definition) is 6. The molecule has 1 aromatic heterocycles. The summed E-state index contributed by atoms with van der Waals surface area (Å²) in [5.74, 6) is -0.448. The molecule has 2 heterocycles. The summed E-state index contributed by atoms with van der Waals surface area (Å²) in [5, 5.41) is 0.892. The number of fused-ring (bicyclic) bond motifs is 1. The molecule has 0 aliphatic carbocycles. The molecule has 8 nitrogen and oxygen atoms in total. The van der Waals surface area contributed by atoms with E-state index >= 15 is 0 Å². The van der Waals surface area contributed by atoms with E-state index in [1.807, 2.05) is 31.2 Å². The zero-order chi connectivity index (χ0) is 22.9. The Kier molecular flexibility index (Phi) is 6.03. The van der Waals surface area contributed by atoms with Crippen LogP contribution < -0.4 is 0 Å². The number of rotatable bonds is 5. The maximum atomic E-state index is 13.0. The van der Waals surface area contributed by atoms with Gasteiger partial charge >= 0.3 is 5.97 Å². The quantitative estimate of drug-likeness (QED) is 0.548. The van der Waals surface area contributed by atoms with Gasteiger partial charge in [-0.05, 0) is 44.2 Å². The van der Waals surface area contributed by atoms with Gasteiger partial charge in [-0.25, -0.2) is 13.2 Å². The number of ether oxygens (including phenoxy) is 1. The van der Waals surface area contributed by atoms with Crippen LogP contribution in [0.5, 0.6) is 0 Å². The van der Waals surface area contributed by atoms with E-state index in [-0.39, 0.29) is 49.3 Å². The minimum atomic E-state index is -3.74. The van der Waals surface area contributed by atoms with Crippen molar-refractivity contribution in [3.8, 4) is 0 Å². The van der Waals surface area contributed by atoms with Crippen molar-refractivity contribution >= 4 is 32.9 Å². The highest BCUT2D eigenvalue weighted by atomic mass is 32.2. The van der Waals surface area contributed by atoms with Gasteiger partial charge in [0.25, 0.3) is 5.91 Å². The van der Waals surface area contributed by atoms with Gasteiger partial charge in [-0.1, -0.05) is 18.2 Å². The number of aryl methyl sites for hydroxylation is 1. The van der Waals surface area contributed by atoms with Crippen LogP contribution in [0.3, 0.4) is 0 Å². The predicted octanol–water partition coefficient (Wildman–Crippen LogP) is 3.06. The first-order chi connectivity index (χ1) is 15.3. The first-order valence-electron chi connectivity index (χ1n) is 10.4. The van der Waals surface area contributed by atoms with E-state index in [0.29, 0.717) is 11.1 Å². The van der Waals surface area contributed by atoms with E-state index in [1.54, 1.807) is 11.8 Å². The van der Waals surface area contributed by atoms with Crippen molar-refractivity contribution in [3.63, 3.8) is 0 Å². The third-order valence-electron chi connectivity index (χ3n) is 5.57. The van der Waals surface area contributed by atoms with Gasteiger partial charge < -0.3 is 14.1 Å². The fourth-order valence-corrected chi connectivity index (χ4v) is 5.20. The molecule has 2 aromatic carbocycles. The zero-order valence-corrected chi connectivity index (χ0v) is 18.7. The van der Waals surface area contributed by atoms with Crippen LogP contribution in [-0.2, 0) is 14.8 Å². The highest BCUT2D eigenvalue weighted by molar-refractivity contribution is 7.89. The van der Waals surface area contributed by atoms with Gasteiger partial charge in [0.15, 0.2) is 5.76 Å². The number of furan rings is 1. The van der Waals surface area contributed by atoms with Crippen LogP contribution in [0.2, 0.25) is 0 Å². The number of para-hydroxylation sites is 1. The second-order valence-corrected chi connectivity index (χ2v) is 9.43. The second kappa shape index (κ2) is 8.76. The molecule has 0 radical (unpaired) electrons. The number of carbonyl (C=O) groups excluding carboxylic acids is 2. The number of carbonyl (C=O) groups is 2. The Morgan fingerprint density at radius 2 is 1.66 bits per heavy atom. The minimum Gasteiger partial charge on any atom is -0.462 e. The molecule has 1 aliphatic rings. The number of amides is 1. The van der Waals surface area contributed by atoms with Crippen molar-refractivity contribution in [2.45, 2.75) is 18.7 Å².